The van der Waals surface area contributed by atoms with E-state index < -0.39 is 29.4 Å². The fourth-order valence-corrected chi connectivity index (χ4v) is 4.69. The standard InChI is InChI=1S/C29H21FN2O4S/c30-23-6-3-7-24(16-23)31-27(33)17-32-28(34)26(37-29(32)35)15-19-9-12-25(13-10-19)36-18-20-8-11-21-4-1-2-5-22(21)14-20/h1-16H,17-18H2,(H,31,33)/b26-15+. The maximum Gasteiger partial charge on any atom is 0.294 e. The number of rotatable bonds is 7. The molecule has 37 heavy (non-hydrogen) atoms. The Bertz CT molecular complexity index is 1530. The third-order valence-corrected chi connectivity index (χ3v) is 6.59. The van der Waals surface area contributed by atoms with E-state index >= 15 is 0 Å². The van der Waals surface area contributed by atoms with Crippen LogP contribution in [0.4, 0.5) is 14.9 Å². The highest BCUT2D eigenvalue weighted by Gasteiger charge is 2.36. The van der Waals surface area contributed by atoms with Crippen molar-refractivity contribution in [1.29, 1.82) is 0 Å². The zero-order valence-electron chi connectivity index (χ0n) is 19.5. The first-order valence-electron chi connectivity index (χ1n) is 11.5. The molecule has 1 saturated heterocycles. The Balaban J connectivity index is 1.19. The Morgan fingerprint density at radius 2 is 1.70 bits per heavy atom. The molecule has 0 aliphatic carbocycles. The van der Waals surface area contributed by atoms with Gasteiger partial charge in [-0.15, -0.1) is 0 Å². The number of amides is 3. The lowest BCUT2D eigenvalue weighted by Gasteiger charge is -2.12. The van der Waals surface area contributed by atoms with E-state index in [9.17, 15) is 18.8 Å². The van der Waals surface area contributed by atoms with Crippen LogP contribution in [0.15, 0.2) is 95.9 Å². The SMILES string of the molecule is O=C(CN1C(=O)S/C(=C/c2ccc(OCc3ccc4ccccc4c3)cc2)C1=O)Nc1cccc(F)c1. The van der Waals surface area contributed by atoms with E-state index in [0.717, 1.165) is 33.7 Å². The number of carbonyl (C=O) groups is 3. The number of halogens is 1. The van der Waals surface area contributed by atoms with Crippen LogP contribution in [0.2, 0.25) is 0 Å². The first-order chi connectivity index (χ1) is 17.9. The monoisotopic (exact) mass is 512 g/mol. The van der Waals surface area contributed by atoms with Crippen molar-refractivity contribution in [3.05, 3.63) is 113 Å². The Morgan fingerprint density at radius 3 is 2.49 bits per heavy atom. The van der Waals surface area contributed by atoms with Gasteiger partial charge in [0.1, 0.15) is 24.7 Å². The Labute approximate surface area is 216 Å². The van der Waals surface area contributed by atoms with Gasteiger partial charge in [0.05, 0.1) is 4.91 Å². The van der Waals surface area contributed by atoms with Crippen LogP contribution in [0.5, 0.6) is 5.75 Å². The summed E-state index contributed by atoms with van der Waals surface area (Å²) < 4.78 is 19.2. The summed E-state index contributed by atoms with van der Waals surface area (Å²) in [6.45, 7) is -0.0408. The van der Waals surface area contributed by atoms with E-state index in [4.69, 9.17) is 4.74 Å². The van der Waals surface area contributed by atoms with Gasteiger partial charge < -0.3 is 10.1 Å². The van der Waals surface area contributed by atoms with Gasteiger partial charge in [-0.3, -0.25) is 19.3 Å². The molecular weight excluding hydrogens is 491 g/mol. The van der Waals surface area contributed by atoms with Crippen molar-refractivity contribution in [1.82, 2.24) is 4.90 Å². The highest BCUT2D eigenvalue weighted by Crippen LogP contribution is 2.32. The van der Waals surface area contributed by atoms with Crippen molar-refractivity contribution in [2.45, 2.75) is 6.61 Å². The molecule has 0 saturated carbocycles. The molecule has 0 unspecified atom stereocenters. The molecule has 184 valence electrons. The van der Waals surface area contributed by atoms with Crippen molar-refractivity contribution in [3.8, 4) is 5.75 Å². The summed E-state index contributed by atoms with van der Waals surface area (Å²) in [5.41, 5.74) is 2.01. The number of thioether (sulfide) groups is 1. The second-order valence-corrected chi connectivity index (χ2v) is 9.36. The van der Waals surface area contributed by atoms with Gasteiger partial charge in [-0.25, -0.2) is 4.39 Å². The predicted molar refractivity (Wildman–Crippen MR) is 142 cm³/mol. The number of benzene rings is 4. The summed E-state index contributed by atoms with van der Waals surface area (Å²) in [5, 5.41) is 4.27. The summed E-state index contributed by atoms with van der Waals surface area (Å²) in [7, 11) is 0. The van der Waals surface area contributed by atoms with Crippen molar-refractivity contribution >= 4 is 51.4 Å². The molecule has 1 fully saturated rings. The van der Waals surface area contributed by atoms with Crippen LogP contribution in [0.1, 0.15) is 11.1 Å². The van der Waals surface area contributed by atoms with Crippen LogP contribution >= 0.6 is 11.8 Å². The third kappa shape index (κ3) is 5.87. The van der Waals surface area contributed by atoms with E-state index in [0.29, 0.717) is 17.9 Å². The van der Waals surface area contributed by atoms with E-state index in [1.54, 1.807) is 30.3 Å². The molecule has 1 aliphatic rings. The van der Waals surface area contributed by atoms with Gasteiger partial charge in [-0.2, -0.15) is 0 Å². The number of fused-ring (bicyclic) bond motifs is 1. The first kappa shape index (κ1) is 24.3. The summed E-state index contributed by atoms with van der Waals surface area (Å²) in [5.74, 6) is -0.979. The smallest absolute Gasteiger partial charge is 0.294 e. The zero-order chi connectivity index (χ0) is 25.8. The van der Waals surface area contributed by atoms with Crippen LogP contribution < -0.4 is 10.1 Å². The molecule has 0 aromatic heterocycles. The number of nitrogens with zero attached hydrogens (tertiary/aromatic N) is 1. The minimum Gasteiger partial charge on any atom is -0.489 e. The number of hydrogen-bond acceptors (Lipinski definition) is 5. The fraction of sp³-hybridized carbons (Fsp3) is 0.0690. The van der Waals surface area contributed by atoms with E-state index in [1.807, 2.05) is 18.2 Å². The number of ether oxygens (including phenoxy) is 1. The van der Waals surface area contributed by atoms with Crippen LogP contribution in [-0.4, -0.2) is 28.5 Å². The highest BCUT2D eigenvalue weighted by molar-refractivity contribution is 8.18. The predicted octanol–water partition coefficient (Wildman–Crippen LogP) is 6.23. The summed E-state index contributed by atoms with van der Waals surface area (Å²) in [4.78, 5) is 38.4. The quantitative estimate of drug-likeness (QED) is 0.297. The molecule has 5 rings (SSSR count). The fourth-order valence-electron chi connectivity index (χ4n) is 3.85. The molecule has 8 heteroatoms. The third-order valence-electron chi connectivity index (χ3n) is 5.68. The van der Waals surface area contributed by atoms with Gasteiger partial charge in [-0.1, -0.05) is 54.6 Å². The van der Waals surface area contributed by atoms with Gasteiger partial charge in [0, 0.05) is 5.69 Å². The minimum absolute atomic E-state index is 0.216. The molecule has 3 amide bonds. The Kier molecular flexibility index (Phi) is 7.00. The maximum atomic E-state index is 13.3. The molecule has 0 bridgehead atoms. The van der Waals surface area contributed by atoms with Crippen LogP contribution in [0.3, 0.4) is 0 Å². The van der Waals surface area contributed by atoms with Crippen molar-refractivity contribution in [2.24, 2.45) is 0 Å². The average Bonchev–Trinajstić information content (AvgIpc) is 3.15. The lowest BCUT2D eigenvalue weighted by Crippen LogP contribution is -2.36. The van der Waals surface area contributed by atoms with E-state index in [2.05, 4.69) is 29.6 Å². The zero-order valence-corrected chi connectivity index (χ0v) is 20.3. The van der Waals surface area contributed by atoms with E-state index in [1.165, 1.54) is 23.6 Å². The number of anilines is 1. The normalized spacial score (nSPS) is 14.4. The molecule has 1 aliphatic heterocycles. The van der Waals surface area contributed by atoms with Gasteiger partial charge in [-0.05, 0) is 76.1 Å². The molecule has 1 heterocycles. The molecule has 0 radical (unpaired) electrons. The highest BCUT2D eigenvalue weighted by atomic mass is 32.2. The second kappa shape index (κ2) is 10.7. The molecular formula is C29H21FN2O4S. The molecule has 4 aromatic carbocycles. The van der Waals surface area contributed by atoms with Gasteiger partial charge in [0.15, 0.2) is 0 Å². The van der Waals surface area contributed by atoms with Crippen LogP contribution in [-0.2, 0) is 16.2 Å². The number of nitrogens with one attached hydrogen (secondary N) is 1. The molecule has 4 aromatic rings. The number of imide groups is 1. The molecule has 0 spiro atoms. The van der Waals surface area contributed by atoms with Gasteiger partial charge >= 0.3 is 0 Å². The van der Waals surface area contributed by atoms with Crippen molar-refractivity contribution in [3.63, 3.8) is 0 Å². The number of carbonyl (C=O) groups excluding carboxylic acids is 3. The second-order valence-electron chi connectivity index (χ2n) is 8.37. The summed E-state index contributed by atoms with van der Waals surface area (Å²) >= 11 is 0.767. The minimum atomic E-state index is -0.595. The Hall–Kier alpha value is -4.43. The first-order valence-corrected chi connectivity index (χ1v) is 12.3. The topological polar surface area (TPSA) is 75.7 Å². The van der Waals surface area contributed by atoms with Crippen molar-refractivity contribution in [2.75, 3.05) is 11.9 Å². The summed E-state index contributed by atoms with van der Waals surface area (Å²) in [6, 6.07) is 26.9. The van der Waals surface area contributed by atoms with Crippen LogP contribution in [0, 0.1) is 5.82 Å². The van der Waals surface area contributed by atoms with Gasteiger partial charge in [0.25, 0.3) is 11.1 Å². The van der Waals surface area contributed by atoms with Gasteiger partial charge in [0.2, 0.25) is 5.91 Å². The van der Waals surface area contributed by atoms with Crippen LogP contribution in [0.25, 0.3) is 16.8 Å². The lowest BCUT2D eigenvalue weighted by molar-refractivity contribution is -0.127. The number of hydrogen-bond donors (Lipinski definition) is 1. The van der Waals surface area contributed by atoms with Crippen molar-refractivity contribution < 1.29 is 23.5 Å². The Morgan fingerprint density at radius 1 is 0.919 bits per heavy atom. The molecule has 6 nitrogen and oxygen atoms in total. The largest absolute Gasteiger partial charge is 0.489 e. The van der Waals surface area contributed by atoms with E-state index in [-0.39, 0.29) is 10.6 Å². The molecule has 0 atom stereocenters. The summed E-state index contributed by atoms with van der Waals surface area (Å²) in [6.07, 6.45) is 1.60. The maximum absolute atomic E-state index is 13.3. The lowest BCUT2D eigenvalue weighted by atomic mass is 10.1. The molecule has 1 N–H and O–H groups in total. The average molecular weight is 513 g/mol.